The topological polar surface area (TPSA) is 19.0 Å². The molecular formula is C23H37N3O. The first-order valence-electron chi connectivity index (χ1n) is 11.2. The zero-order chi connectivity index (χ0) is 18.3. The maximum absolute atomic E-state index is 6.21. The third-order valence-corrected chi connectivity index (χ3v) is 6.60. The molecule has 150 valence electrons. The van der Waals surface area contributed by atoms with Crippen LogP contribution in [-0.2, 0) is 11.3 Å². The van der Waals surface area contributed by atoms with Crippen molar-refractivity contribution in [3.63, 3.8) is 0 Å². The molecule has 1 aromatic rings. The Morgan fingerprint density at radius 3 is 2.22 bits per heavy atom. The Balaban J connectivity index is 1.21. The molecule has 3 fully saturated rings. The van der Waals surface area contributed by atoms with Crippen LogP contribution >= 0.6 is 0 Å². The lowest BCUT2D eigenvalue weighted by molar-refractivity contribution is 0.0118. The molecule has 4 heteroatoms. The number of benzene rings is 1. The Morgan fingerprint density at radius 2 is 1.48 bits per heavy atom. The van der Waals surface area contributed by atoms with E-state index in [-0.39, 0.29) is 0 Å². The van der Waals surface area contributed by atoms with Crippen molar-refractivity contribution in [1.29, 1.82) is 0 Å². The minimum atomic E-state index is 0.359. The van der Waals surface area contributed by atoms with Gasteiger partial charge in [-0.15, -0.1) is 0 Å². The quantitative estimate of drug-likeness (QED) is 0.765. The van der Waals surface area contributed by atoms with Gasteiger partial charge in [0.2, 0.25) is 0 Å². The van der Waals surface area contributed by atoms with E-state index in [9.17, 15) is 0 Å². The molecule has 0 bridgehead atoms. The molecular weight excluding hydrogens is 334 g/mol. The van der Waals surface area contributed by atoms with Crippen LogP contribution in [0.15, 0.2) is 30.3 Å². The smallest absolute Gasteiger partial charge is 0.0828 e. The predicted molar refractivity (Wildman–Crippen MR) is 111 cm³/mol. The number of nitrogens with zero attached hydrogens (tertiary/aromatic N) is 3. The minimum absolute atomic E-state index is 0.359. The second-order valence-electron chi connectivity index (χ2n) is 8.82. The van der Waals surface area contributed by atoms with Crippen molar-refractivity contribution in [2.24, 2.45) is 5.92 Å². The molecule has 0 radical (unpaired) electrons. The van der Waals surface area contributed by atoms with Crippen molar-refractivity contribution < 1.29 is 4.74 Å². The molecule has 4 nitrogen and oxygen atoms in total. The highest BCUT2D eigenvalue weighted by Crippen LogP contribution is 2.25. The zero-order valence-electron chi connectivity index (χ0n) is 16.9. The summed E-state index contributed by atoms with van der Waals surface area (Å²) in [7, 11) is 0. The summed E-state index contributed by atoms with van der Waals surface area (Å²) in [6.45, 7) is 11.6. The molecule has 0 aromatic heterocycles. The third-order valence-electron chi connectivity index (χ3n) is 6.60. The summed E-state index contributed by atoms with van der Waals surface area (Å²) in [4.78, 5) is 7.94. The number of piperazine rings is 1. The second kappa shape index (κ2) is 10.0. The summed E-state index contributed by atoms with van der Waals surface area (Å²) in [6.07, 6.45) is 7.36. The Kier molecular flexibility index (Phi) is 7.19. The van der Waals surface area contributed by atoms with Crippen LogP contribution in [0.1, 0.15) is 37.7 Å². The largest absolute Gasteiger partial charge is 0.376 e. The van der Waals surface area contributed by atoms with Crippen molar-refractivity contribution in [2.45, 2.75) is 44.8 Å². The molecule has 0 spiro atoms. The maximum Gasteiger partial charge on any atom is 0.0828 e. The van der Waals surface area contributed by atoms with Gasteiger partial charge < -0.3 is 9.64 Å². The van der Waals surface area contributed by atoms with Gasteiger partial charge in [0.1, 0.15) is 0 Å². The van der Waals surface area contributed by atoms with Gasteiger partial charge in [-0.25, -0.2) is 0 Å². The van der Waals surface area contributed by atoms with Crippen LogP contribution in [0.2, 0.25) is 0 Å². The van der Waals surface area contributed by atoms with E-state index >= 15 is 0 Å². The molecule has 1 saturated carbocycles. The standard InChI is InChI=1S/C23H37N3O/c1-2-7-22(8-3-1)18-26-11-6-16-27-23(20-26)19-25-14-12-24(13-15-25)17-21-9-4-5-10-21/h1-3,7-8,21,23H,4-6,9-20H2. The molecule has 2 heterocycles. The summed E-state index contributed by atoms with van der Waals surface area (Å²) < 4.78 is 6.21. The van der Waals surface area contributed by atoms with Gasteiger partial charge in [0.15, 0.2) is 0 Å². The lowest BCUT2D eigenvalue weighted by Crippen LogP contribution is -2.50. The van der Waals surface area contributed by atoms with Crippen LogP contribution in [0.25, 0.3) is 0 Å². The van der Waals surface area contributed by atoms with Gasteiger partial charge in [-0.2, -0.15) is 0 Å². The van der Waals surface area contributed by atoms with E-state index < -0.39 is 0 Å². The number of hydrogen-bond acceptors (Lipinski definition) is 4. The van der Waals surface area contributed by atoms with E-state index in [4.69, 9.17) is 4.74 Å². The van der Waals surface area contributed by atoms with E-state index in [1.165, 1.54) is 64.0 Å². The number of hydrogen-bond donors (Lipinski definition) is 0. The van der Waals surface area contributed by atoms with Gasteiger partial charge in [-0.3, -0.25) is 9.80 Å². The summed E-state index contributed by atoms with van der Waals surface area (Å²) in [5.74, 6) is 0.980. The molecule has 1 unspecified atom stereocenters. The van der Waals surface area contributed by atoms with E-state index in [2.05, 4.69) is 45.0 Å². The third kappa shape index (κ3) is 6.02. The lowest BCUT2D eigenvalue weighted by atomic mass is 10.1. The molecule has 2 aliphatic heterocycles. The first kappa shape index (κ1) is 19.4. The SMILES string of the molecule is c1ccc(CN2CCCOC(CN3CCN(CC4CCCC4)CC3)C2)cc1. The van der Waals surface area contributed by atoms with Gasteiger partial charge in [0.05, 0.1) is 6.10 Å². The van der Waals surface area contributed by atoms with E-state index in [1.54, 1.807) is 0 Å². The van der Waals surface area contributed by atoms with E-state index in [0.29, 0.717) is 6.10 Å². The van der Waals surface area contributed by atoms with Crippen molar-refractivity contribution in [1.82, 2.24) is 14.7 Å². The average Bonchev–Trinajstić information content (AvgIpc) is 3.11. The zero-order valence-corrected chi connectivity index (χ0v) is 16.9. The summed E-state index contributed by atoms with van der Waals surface area (Å²) in [5.41, 5.74) is 1.42. The molecule has 1 aromatic carbocycles. The minimum Gasteiger partial charge on any atom is -0.376 e. The van der Waals surface area contributed by atoms with Crippen LogP contribution < -0.4 is 0 Å². The predicted octanol–water partition coefficient (Wildman–Crippen LogP) is 3.09. The second-order valence-corrected chi connectivity index (χ2v) is 8.82. The summed E-state index contributed by atoms with van der Waals surface area (Å²) >= 11 is 0. The highest BCUT2D eigenvalue weighted by atomic mass is 16.5. The van der Waals surface area contributed by atoms with Gasteiger partial charge in [-0.1, -0.05) is 43.2 Å². The van der Waals surface area contributed by atoms with Gasteiger partial charge in [0, 0.05) is 65.5 Å². The number of ether oxygens (including phenoxy) is 1. The number of rotatable bonds is 6. The van der Waals surface area contributed by atoms with Crippen molar-refractivity contribution in [3.8, 4) is 0 Å². The van der Waals surface area contributed by atoms with Gasteiger partial charge in [-0.05, 0) is 30.7 Å². The van der Waals surface area contributed by atoms with Gasteiger partial charge >= 0.3 is 0 Å². The first-order valence-corrected chi connectivity index (χ1v) is 11.2. The molecule has 1 aliphatic carbocycles. The molecule has 0 amide bonds. The highest BCUT2D eigenvalue weighted by Gasteiger charge is 2.25. The fourth-order valence-electron chi connectivity index (χ4n) is 5.07. The van der Waals surface area contributed by atoms with Crippen LogP contribution in [0.5, 0.6) is 0 Å². The van der Waals surface area contributed by atoms with Crippen molar-refractivity contribution >= 4 is 0 Å². The van der Waals surface area contributed by atoms with Gasteiger partial charge in [0.25, 0.3) is 0 Å². The molecule has 2 saturated heterocycles. The molecule has 1 atom stereocenters. The van der Waals surface area contributed by atoms with Crippen LogP contribution in [0.4, 0.5) is 0 Å². The molecule has 27 heavy (non-hydrogen) atoms. The van der Waals surface area contributed by atoms with E-state index in [0.717, 1.165) is 45.1 Å². The molecule has 3 aliphatic rings. The maximum atomic E-state index is 6.21. The average molecular weight is 372 g/mol. The molecule has 0 N–H and O–H groups in total. The monoisotopic (exact) mass is 371 g/mol. The van der Waals surface area contributed by atoms with E-state index in [1.807, 2.05) is 0 Å². The fourth-order valence-corrected chi connectivity index (χ4v) is 5.07. The summed E-state index contributed by atoms with van der Waals surface area (Å²) in [5, 5.41) is 0. The van der Waals surface area contributed by atoms with Crippen LogP contribution in [-0.4, -0.2) is 79.8 Å². The Bertz CT molecular complexity index is 538. The first-order chi connectivity index (χ1) is 13.3. The molecule has 4 rings (SSSR count). The van der Waals surface area contributed by atoms with Crippen LogP contribution in [0.3, 0.4) is 0 Å². The van der Waals surface area contributed by atoms with Crippen molar-refractivity contribution in [3.05, 3.63) is 35.9 Å². The fraction of sp³-hybridized carbons (Fsp3) is 0.739. The Labute approximate surface area is 165 Å². The highest BCUT2D eigenvalue weighted by molar-refractivity contribution is 5.14. The van der Waals surface area contributed by atoms with Crippen LogP contribution in [0, 0.1) is 5.92 Å². The Hall–Kier alpha value is -0.940. The lowest BCUT2D eigenvalue weighted by Gasteiger charge is -2.37. The Morgan fingerprint density at radius 1 is 0.778 bits per heavy atom. The summed E-state index contributed by atoms with van der Waals surface area (Å²) in [6, 6.07) is 10.9. The van der Waals surface area contributed by atoms with Crippen molar-refractivity contribution in [2.75, 3.05) is 59.0 Å². The normalized spacial score (nSPS) is 27.0.